The van der Waals surface area contributed by atoms with Crippen LogP contribution in [0.15, 0.2) is 55.1 Å². The molecule has 0 amide bonds. The van der Waals surface area contributed by atoms with Crippen molar-refractivity contribution in [3.8, 4) is 11.1 Å². The first-order valence-corrected chi connectivity index (χ1v) is 12.3. The third kappa shape index (κ3) is 4.75. The minimum Gasteiger partial charge on any atom is -0.361 e. The van der Waals surface area contributed by atoms with Gasteiger partial charge in [-0.2, -0.15) is 0 Å². The fraction of sp³-hybridized carbons (Fsp3) is 0.448. The Morgan fingerprint density at radius 3 is 1.36 bits per heavy atom. The predicted molar refractivity (Wildman–Crippen MR) is 143 cm³/mol. The lowest BCUT2D eigenvalue weighted by Gasteiger charge is -2.27. The third-order valence-corrected chi connectivity index (χ3v) is 6.74. The summed E-state index contributed by atoms with van der Waals surface area (Å²) in [6, 6.07) is 12.0. The van der Waals surface area contributed by atoms with E-state index in [2.05, 4.69) is 130 Å². The molecule has 2 aliphatic rings. The maximum Gasteiger partial charge on any atom is 0.0938 e. The van der Waals surface area contributed by atoms with Crippen LogP contribution in [0.25, 0.3) is 11.1 Å². The Bertz CT molecular complexity index is 990. The first-order chi connectivity index (χ1) is 15.6. The number of hydrogen-bond acceptors (Lipinski definition) is 4. The average molecular weight is 445 g/mol. The van der Waals surface area contributed by atoms with Gasteiger partial charge in [-0.25, -0.2) is 0 Å². The van der Waals surface area contributed by atoms with Gasteiger partial charge in [0.25, 0.3) is 0 Å². The molecule has 0 aliphatic carbocycles. The maximum absolute atomic E-state index is 2.45. The highest BCUT2D eigenvalue weighted by atomic mass is 15.3. The second-order valence-corrected chi connectivity index (χ2v) is 10.6. The lowest BCUT2D eigenvalue weighted by molar-refractivity contribution is 0.494. The molecule has 0 saturated heterocycles. The smallest absolute Gasteiger partial charge is 0.0938 e. The Kier molecular flexibility index (Phi) is 6.47. The van der Waals surface area contributed by atoms with Crippen LogP contribution in [-0.4, -0.2) is 37.2 Å². The lowest BCUT2D eigenvalue weighted by atomic mass is 9.81. The van der Waals surface area contributed by atoms with Gasteiger partial charge in [0.15, 0.2) is 0 Å². The largest absolute Gasteiger partial charge is 0.361 e. The van der Waals surface area contributed by atoms with E-state index in [9.17, 15) is 0 Å². The molecule has 0 atom stereocenters. The van der Waals surface area contributed by atoms with E-state index >= 15 is 0 Å². The van der Waals surface area contributed by atoms with E-state index in [-0.39, 0.29) is 0 Å². The minimum atomic E-state index is 0.457. The molecule has 0 aromatic heterocycles. The molecule has 2 aliphatic heterocycles. The molecule has 2 aromatic rings. The van der Waals surface area contributed by atoms with Crippen molar-refractivity contribution in [2.45, 2.75) is 59.3 Å². The molecule has 0 radical (unpaired) electrons. The predicted octanol–water partition coefficient (Wildman–Crippen LogP) is 7.08. The molecule has 176 valence electrons. The van der Waals surface area contributed by atoms with E-state index < -0.39 is 0 Å². The van der Waals surface area contributed by atoms with Gasteiger partial charge >= 0.3 is 0 Å². The van der Waals surface area contributed by atoms with Gasteiger partial charge < -0.3 is 19.6 Å². The van der Waals surface area contributed by atoms with Crippen LogP contribution >= 0.6 is 0 Å². The zero-order valence-corrected chi connectivity index (χ0v) is 21.6. The third-order valence-electron chi connectivity index (χ3n) is 6.74. The number of rotatable bonds is 6. The fourth-order valence-corrected chi connectivity index (χ4v) is 4.75. The first kappa shape index (κ1) is 23.3. The highest BCUT2D eigenvalue weighted by Gasteiger charge is 2.22. The van der Waals surface area contributed by atoms with Gasteiger partial charge in [0.1, 0.15) is 0 Å². The minimum absolute atomic E-state index is 0.457. The SMILES string of the molecule is CC(C)c1cc(C(C)C)c(-c2cc(N3C=CN(C)C3)cc(N3C=CN(C)C3)c2)c(C(C)C)c1. The highest BCUT2D eigenvalue weighted by Crippen LogP contribution is 2.42. The first-order valence-electron chi connectivity index (χ1n) is 12.3. The molecule has 0 unspecified atom stereocenters. The Hall–Kier alpha value is -2.88. The number of nitrogens with zero attached hydrogens (tertiary/aromatic N) is 4. The van der Waals surface area contributed by atoms with Crippen LogP contribution in [0.3, 0.4) is 0 Å². The molecule has 4 nitrogen and oxygen atoms in total. The molecular formula is C29H40N4. The molecule has 4 rings (SSSR count). The summed E-state index contributed by atoms with van der Waals surface area (Å²) in [5.41, 5.74) is 9.56. The molecule has 2 heterocycles. The molecule has 0 spiro atoms. The molecule has 33 heavy (non-hydrogen) atoms. The Balaban J connectivity index is 1.94. The van der Waals surface area contributed by atoms with E-state index in [0.29, 0.717) is 17.8 Å². The normalized spacial score (nSPS) is 16.0. The Labute approximate surface area is 200 Å². The van der Waals surface area contributed by atoms with Gasteiger partial charge in [-0.15, -0.1) is 0 Å². The quantitative estimate of drug-likeness (QED) is 0.472. The van der Waals surface area contributed by atoms with Crippen molar-refractivity contribution in [1.82, 2.24) is 9.80 Å². The number of hydrogen-bond donors (Lipinski definition) is 0. The summed E-state index contributed by atoms with van der Waals surface area (Å²) in [5, 5.41) is 0. The second kappa shape index (κ2) is 9.17. The summed E-state index contributed by atoms with van der Waals surface area (Å²) in [4.78, 5) is 9.10. The number of anilines is 2. The van der Waals surface area contributed by atoms with Crippen molar-refractivity contribution in [3.63, 3.8) is 0 Å². The molecule has 0 fully saturated rings. The average Bonchev–Trinajstić information content (AvgIpc) is 3.40. The summed E-state index contributed by atoms with van der Waals surface area (Å²) in [6.07, 6.45) is 8.66. The Morgan fingerprint density at radius 1 is 0.576 bits per heavy atom. The summed E-state index contributed by atoms with van der Waals surface area (Å²) >= 11 is 0. The zero-order valence-electron chi connectivity index (χ0n) is 21.6. The van der Waals surface area contributed by atoms with Gasteiger partial charge in [0.05, 0.1) is 13.3 Å². The van der Waals surface area contributed by atoms with Crippen LogP contribution in [0, 0.1) is 0 Å². The van der Waals surface area contributed by atoms with Crippen LogP contribution in [0.2, 0.25) is 0 Å². The van der Waals surface area contributed by atoms with Crippen molar-refractivity contribution < 1.29 is 0 Å². The van der Waals surface area contributed by atoms with Gasteiger partial charge in [0.2, 0.25) is 0 Å². The molecular weight excluding hydrogens is 404 g/mol. The standard InChI is InChI=1S/C29H40N4/c1-20(2)23-15-27(21(3)4)29(28(16-23)22(5)6)24-13-25(32-11-9-30(7)18-32)17-26(14-24)33-12-10-31(8)19-33/h9-17,20-22H,18-19H2,1-8H3. The van der Waals surface area contributed by atoms with E-state index in [4.69, 9.17) is 0 Å². The van der Waals surface area contributed by atoms with Gasteiger partial charge in [0, 0.05) is 50.3 Å². The van der Waals surface area contributed by atoms with Crippen molar-refractivity contribution >= 4 is 11.4 Å². The highest BCUT2D eigenvalue weighted by molar-refractivity contribution is 5.81. The van der Waals surface area contributed by atoms with E-state index in [1.807, 2.05) is 0 Å². The molecule has 0 N–H and O–H groups in total. The van der Waals surface area contributed by atoms with Crippen LogP contribution < -0.4 is 9.80 Å². The van der Waals surface area contributed by atoms with Crippen LogP contribution in [-0.2, 0) is 0 Å². The van der Waals surface area contributed by atoms with Crippen molar-refractivity contribution in [3.05, 3.63) is 71.8 Å². The molecule has 0 bridgehead atoms. The summed E-state index contributed by atoms with van der Waals surface area (Å²) in [5.74, 6) is 1.43. The lowest BCUT2D eigenvalue weighted by Crippen LogP contribution is -2.24. The fourth-order valence-electron chi connectivity index (χ4n) is 4.75. The van der Waals surface area contributed by atoms with Crippen molar-refractivity contribution in [2.24, 2.45) is 0 Å². The molecule has 2 aromatic carbocycles. The molecule has 0 saturated carbocycles. The maximum atomic E-state index is 2.45. The van der Waals surface area contributed by atoms with E-state index in [1.54, 1.807) is 0 Å². The van der Waals surface area contributed by atoms with Gasteiger partial charge in [-0.3, -0.25) is 0 Å². The molecule has 4 heteroatoms. The topological polar surface area (TPSA) is 13.0 Å². The summed E-state index contributed by atoms with van der Waals surface area (Å²) in [6.45, 7) is 15.7. The van der Waals surface area contributed by atoms with Crippen LogP contribution in [0.4, 0.5) is 11.4 Å². The van der Waals surface area contributed by atoms with Gasteiger partial charge in [-0.05, 0) is 63.8 Å². The number of benzene rings is 2. The van der Waals surface area contributed by atoms with Crippen molar-refractivity contribution in [1.29, 1.82) is 0 Å². The van der Waals surface area contributed by atoms with E-state index in [1.165, 1.54) is 39.2 Å². The monoisotopic (exact) mass is 444 g/mol. The van der Waals surface area contributed by atoms with Crippen molar-refractivity contribution in [2.75, 3.05) is 37.2 Å². The van der Waals surface area contributed by atoms with Crippen LogP contribution in [0.1, 0.15) is 76.0 Å². The van der Waals surface area contributed by atoms with E-state index in [0.717, 1.165) is 13.3 Å². The zero-order chi connectivity index (χ0) is 23.9. The second-order valence-electron chi connectivity index (χ2n) is 10.6. The Morgan fingerprint density at radius 2 is 1.03 bits per heavy atom. The van der Waals surface area contributed by atoms with Gasteiger partial charge in [-0.1, -0.05) is 53.7 Å². The van der Waals surface area contributed by atoms with Crippen LogP contribution in [0.5, 0.6) is 0 Å². The summed E-state index contributed by atoms with van der Waals surface area (Å²) < 4.78 is 0. The summed E-state index contributed by atoms with van der Waals surface area (Å²) in [7, 11) is 4.25.